The number of H-pyrrole nitrogens is 1. The maximum atomic E-state index is 14.3. The van der Waals surface area contributed by atoms with E-state index in [0.29, 0.717) is 18.0 Å². The van der Waals surface area contributed by atoms with Crippen LogP contribution >= 0.6 is 0 Å². The Morgan fingerprint density at radius 3 is 2.34 bits per heavy atom. The molecule has 2 N–H and O–H groups in total. The number of nitrogens with zero attached hydrogens (tertiary/aromatic N) is 3. The van der Waals surface area contributed by atoms with Crippen LogP contribution in [0.15, 0.2) is 91.4 Å². The number of para-hydroxylation sites is 1. The molecular weight excluding hydrogens is 558 g/mol. The highest BCUT2D eigenvalue weighted by Crippen LogP contribution is 2.21. The quantitative estimate of drug-likeness (QED) is 0.211. The first kappa shape index (κ1) is 31.8. The van der Waals surface area contributed by atoms with Gasteiger partial charge in [-0.05, 0) is 48.2 Å². The highest BCUT2D eigenvalue weighted by atomic mass is 16.5. The number of anilines is 1. The summed E-state index contributed by atoms with van der Waals surface area (Å²) < 4.78 is 10.7. The first-order chi connectivity index (χ1) is 21.4. The molecule has 0 aliphatic carbocycles. The Balaban J connectivity index is 1.60. The van der Waals surface area contributed by atoms with E-state index in [0.717, 1.165) is 28.8 Å². The van der Waals surface area contributed by atoms with Crippen LogP contribution in [0.5, 0.6) is 5.75 Å². The summed E-state index contributed by atoms with van der Waals surface area (Å²) in [4.78, 5) is 51.3. The Morgan fingerprint density at radius 1 is 0.955 bits per heavy atom. The molecule has 10 nitrogen and oxygen atoms in total. The molecule has 4 aromatic rings. The molecule has 0 spiro atoms. The topological polar surface area (TPSA) is 117 Å². The van der Waals surface area contributed by atoms with Crippen molar-refractivity contribution in [2.45, 2.75) is 45.9 Å². The molecule has 1 atom stereocenters. The average Bonchev–Trinajstić information content (AvgIpc) is 3.56. The standard InChI is InChI=1S/C34H39N5O5/c1-4-18-39(31-13-9-8-10-25(31)2)32(40)22-38(21-26-14-16-29(43-3)17-15-26)33(41)30(19-28-20-35-24-36-28)37-34(42)44-23-27-11-6-5-7-12-27/h5-17,20,24,30H,4,18-19,21-23H2,1-3H3,(H,35,36)(H,37,42)/t30-/m0/s1. The second-order valence-corrected chi connectivity index (χ2v) is 10.4. The third-order valence-electron chi connectivity index (χ3n) is 7.11. The lowest BCUT2D eigenvalue weighted by Crippen LogP contribution is -2.52. The number of imidazole rings is 1. The van der Waals surface area contributed by atoms with Gasteiger partial charge in [-0.1, -0.05) is 67.6 Å². The maximum Gasteiger partial charge on any atom is 0.408 e. The van der Waals surface area contributed by atoms with Crippen molar-refractivity contribution in [3.63, 3.8) is 0 Å². The van der Waals surface area contributed by atoms with Gasteiger partial charge >= 0.3 is 6.09 Å². The van der Waals surface area contributed by atoms with Crippen LogP contribution in [0.3, 0.4) is 0 Å². The van der Waals surface area contributed by atoms with Gasteiger partial charge < -0.3 is 29.6 Å². The van der Waals surface area contributed by atoms with Crippen molar-refractivity contribution in [1.29, 1.82) is 0 Å². The summed E-state index contributed by atoms with van der Waals surface area (Å²) in [7, 11) is 1.58. The predicted molar refractivity (Wildman–Crippen MR) is 168 cm³/mol. The van der Waals surface area contributed by atoms with Crippen LogP contribution in [0.4, 0.5) is 10.5 Å². The molecule has 4 rings (SSSR count). The molecule has 0 saturated heterocycles. The SMILES string of the molecule is CCCN(C(=O)CN(Cc1ccc(OC)cc1)C(=O)[C@H](Cc1cnc[nH]1)NC(=O)OCc1ccccc1)c1ccccc1C. The van der Waals surface area contributed by atoms with E-state index in [1.807, 2.05) is 80.6 Å². The van der Waals surface area contributed by atoms with E-state index >= 15 is 0 Å². The van der Waals surface area contributed by atoms with Crippen LogP contribution in [0.2, 0.25) is 0 Å². The number of benzene rings is 3. The zero-order valence-corrected chi connectivity index (χ0v) is 25.4. The number of ether oxygens (including phenoxy) is 2. The van der Waals surface area contributed by atoms with Gasteiger partial charge in [-0.25, -0.2) is 9.78 Å². The first-order valence-electron chi connectivity index (χ1n) is 14.6. The second-order valence-electron chi connectivity index (χ2n) is 10.4. The molecule has 1 heterocycles. The maximum absolute atomic E-state index is 14.3. The summed E-state index contributed by atoms with van der Waals surface area (Å²) >= 11 is 0. The largest absolute Gasteiger partial charge is 0.497 e. The monoisotopic (exact) mass is 597 g/mol. The van der Waals surface area contributed by atoms with Gasteiger partial charge in [0.15, 0.2) is 0 Å². The predicted octanol–water partition coefficient (Wildman–Crippen LogP) is 5.04. The molecular formula is C34H39N5O5. The van der Waals surface area contributed by atoms with Crippen molar-refractivity contribution in [1.82, 2.24) is 20.2 Å². The molecule has 0 unspecified atom stereocenters. The zero-order valence-electron chi connectivity index (χ0n) is 25.4. The van der Waals surface area contributed by atoms with Crippen molar-refractivity contribution in [3.8, 4) is 5.75 Å². The van der Waals surface area contributed by atoms with Gasteiger partial charge in [0.05, 0.1) is 13.4 Å². The minimum Gasteiger partial charge on any atom is -0.497 e. The second kappa shape index (κ2) is 15.9. The van der Waals surface area contributed by atoms with Gasteiger partial charge in [0, 0.05) is 37.1 Å². The third-order valence-corrected chi connectivity index (χ3v) is 7.11. The van der Waals surface area contributed by atoms with Crippen molar-refractivity contribution in [2.75, 3.05) is 25.1 Å². The minimum atomic E-state index is -1.03. The van der Waals surface area contributed by atoms with Crippen molar-refractivity contribution in [2.24, 2.45) is 0 Å². The van der Waals surface area contributed by atoms with Crippen LogP contribution in [0.1, 0.15) is 35.7 Å². The Bertz CT molecular complexity index is 1490. The molecule has 1 aromatic heterocycles. The summed E-state index contributed by atoms with van der Waals surface area (Å²) in [5, 5.41) is 2.73. The Labute approximate surface area is 258 Å². The highest BCUT2D eigenvalue weighted by Gasteiger charge is 2.30. The molecule has 0 saturated carbocycles. The number of aryl methyl sites for hydroxylation is 1. The number of aromatic nitrogens is 2. The number of hydrogen-bond donors (Lipinski definition) is 2. The van der Waals surface area contributed by atoms with Gasteiger partial charge in [0.25, 0.3) is 0 Å². The summed E-state index contributed by atoms with van der Waals surface area (Å²) in [6.07, 6.45) is 3.23. The van der Waals surface area contributed by atoms with Crippen LogP contribution in [0.25, 0.3) is 0 Å². The highest BCUT2D eigenvalue weighted by molar-refractivity contribution is 5.98. The Kier molecular flexibility index (Phi) is 11.5. The molecule has 0 bridgehead atoms. The van der Waals surface area contributed by atoms with E-state index in [9.17, 15) is 14.4 Å². The molecule has 0 aliphatic heterocycles. The molecule has 10 heteroatoms. The molecule has 0 fully saturated rings. The number of carbonyl (C=O) groups is 3. The Hall–Kier alpha value is -5.12. The number of carbonyl (C=O) groups excluding carboxylic acids is 3. The molecule has 0 aliphatic rings. The fourth-order valence-corrected chi connectivity index (χ4v) is 4.82. The van der Waals surface area contributed by atoms with Gasteiger partial charge in [0.1, 0.15) is 24.9 Å². The number of alkyl carbamates (subject to hydrolysis) is 1. The number of nitrogens with one attached hydrogen (secondary N) is 2. The lowest BCUT2D eigenvalue weighted by molar-refractivity contribution is -0.137. The van der Waals surface area contributed by atoms with E-state index in [4.69, 9.17) is 9.47 Å². The smallest absolute Gasteiger partial charge is 0.408 e. The summed E-state index contributed by atoms with van der Waals surface area (Å²) in [5.41, 5.74) is 4.03. The van der Waals surface area contributed by atoms with E-state index in [1.165, 1.54) is 11.2 Å². The minimum absolute atomic E-state index is 0.0497. The van der Waals surface area contributed by atoms with Crippen LogP contribution in [-0.4, -0.2) is 59.0 Å². The van der Waals surface area contributed by atoms with Crippen LogP contribution in [0, 0.1) is 6.92 Å². The van der Waals surface area contributed by atoms with E-state index in [2.05, 4.69) is 15.3 Å². The van der Waals surface area contributed by atoms with Crippen LogP contribution in [-0.2, 0) is 33.9 Å². The molecule has 3 aromatic carbocycles. The van der Waals surface area contributed by atoms with Crippen LogP contribution < -0.4 is 15.0 Å². The van der Waals surface area contributed by atoms with Gasteiger partial charge in [-0.15, -0.1) is 0 Å². The fourth-order valence-electron chi connectivity index (χ4n) is 4.82. The average molecular weight is 598 g/mol. The normalized spacial score (nSPS) is 11.3. The van der Waals surface area contributed by atoms with Crippen molar-refractivity contribution >= 4 is 23.6 Å². The molecule has 0 radical (unpaired) electrons. The summed E-state index contributed by atoms with van der Waals surface area (Å²) in [6, 6.07) is 23.2. The number of methoxy groups -OCH3 is 1. The molecule has 44 heavy (non-hydrogen) atoms. The fraction of sp³-hybridized carbons (Fsp3) is 0.294. The Morgan fingerprint density at radius 2 is 1.68 bits per heavy atom. The lowest BCUT2D eigenvalue weighted by Gasteiger charge is -2.31. The van der Waals surface area contributed by atoms with Gasteiger partial charge in [-0.3, -0.25) is 9.59 Å². The number of rotatable bonds is 14. The number of amides is 3. The van der Waals surface area contributed by atoms with Crippen molar-refractivity contribution in [3.05, 3.63) is 114 Å². The van der Waals surface area contributed by atoms with E-state index in [-0.39, 0.29) is 32.0 Å². The molecule has 3 amide bonds. The summed E-state index contributed by atoms with van der Waals surface area (Å²) in [6.45, 7) is 4.45. The lowest BCUT2D eigenvalue weighted by atomic mass is 10.1. The van der Waals surface area contributed by atoms with Gasteiger partial charge in [-0.2, -0.15) is 0 Å². The molecule has 230 valence electrons. The number of aromatic amines is 1. The number of hydrogen-bond acceptors (Lipinski definition) is 6. The first-order valence-corrected chi connectivity index (χ1v) is 14.6. The van der Waals surface area contributed by atoms with Crippen molar-refractivity contribution < 1.29 is 23.9 Å². The van der Waals surface area contributed by atoms with E-state index < -0.39 is 18.0 Å². The zero-order chi connectivity index (χ0) is 31.3. The van der Waals surface area contributed by atoms with E-state index in [1.54, 1.807) is 30.3 Å². The third kappa shape index (κ3) is 8.94. The summed E-state index contributed by atoms with van der Waals surface area (Å²) in [5.74, 6) is 0.0212. The van der Waals surface area contributed by atoms with Gasteiger partial charge in [0.2, 0.25) is 11.8 Å².